The van der Waals surface area contributed by atoms with E-state index in [4.69, 9.17) is 9.57 Å². The number of nitrogens with zero attached hydrogens (tertiary/aromatic N) is 3. The van der Waals surface area contributed by atoms with Gasteiger partial charge in [-0.15, -0.1) is 0 Å². The SMILES string of the molecule is CCONC(=O)C1CCCN1c1nc(Cc2cccc(OC)c2)ns1. The van der Waals surface area contributed by atoms with Gasteiger partial charge in [-0.3, -0.25) is 9.63 Å². The fraction of sp³-hybridized carbons (Fsp3) is 0.471. The van der Waals surface area contributed by atoms with Gasteiger partial charge in [0.25, 0.3) is 5.91 Å². The van der Waals surface area contributed by atoms with E-state index < -0.39 is 0 Å². The predicted molar refractivity (Wildman–Crippen MR) is 95.8 cm³/mol. The number of benzene rings is 1. The second-order valence-corrected chi connectivity index (χ2v) is 6.50. The molecule has 1 saturated heterocycles. The number of carbonyl (C=O) groups excluding carboxylic acids is 1. The van der Waals surface area contributed by atoms with E-state index in [-0.39, 0.29) is 11.9 Å². The van der Waals surface area contributed by atoms with Crippen LogP contribution in [0.4, 0.5) is 5.13 Å². The van der Waals surface area contributed by atoms with Crippen LogP contribution in [0.3, 0.4) is 0 Å². The van der Waals surface area contributed by atoms with Crippen molar-refractivity contribution in [1.29, 1.82) is 0 Å². The molecule has 25 heavy (non-hydrogen) atoms. The molecule has 0 saturated carbocycles. The van der Waals surface area contributed by atoms with E-state index in [0.717, 1.165) is 41.7 Å². The van der Waals surface area contributed by atoms with Crippen LogP contribution < -0.4 is 15.1 Å². The number of rotatable bonds is 7. The largest absolute Gasteiger partial charge is 0.497 e. The molecule has 134 valence electrons. The standard InChI is InChI=1S/C17H22N4O3S/c1-3-24-19-16(22)14-8-5-9-21(14)17-18-15(20-25-17)11-12-6-4-7-13(10-12)23-2/h4,6-7,10,14H,3,5,8-9,11H2,1-2H3,(H,19,22). The Hall–Kier alpha value is -2.19. The highest BCUT2D eigenvalue weighted by atomic mass is 32.1. The number of hydrogen-bond acceptors (Lipinski definition) is 7. The number of aromatic nitrogens is 2. The van der Waals surface area contributed by atoms with Crippen LogP contribution >= 0.6 is 11.5 Å². The molecule has 2 heterocycles. The van der Waals surface area contributed by atoms with Gasteiger partial charge in [-0.25, -0.2) is 10.5 Å². The lowest BCUT2D eigenvalue weighted by Gasteiger charge is -2.22. The molecule has 1 unspecified atom stereocenters. The third-order valence-electron chi connectivity index (χ3n) is 4.07. The van der Waals surface area contributed by atoms with Crippen LogP contribution in [0.15, 0.2) is 24.3 Å². The maximum atomic E-state index is 12.2. The summed E-state index contributed by atoms with van der Waals surface area (Å²) in [5.41, 5.74) is 3.59. The molecule has 1 aliphatic heterocycles. The lowest BCUT2D eigenvalue weighted by atomic mass is 10.1. The van der Waals surface area contributed by atoms with Gasteiger partial charge in [-0.1, -0.05) is 12.1 Å². The van der Waals surface area contributed by atoms with Crippen LogP contribution in [0.25, 0.3) is 0 Å². The van der Waals surface area contributed by atoms with Crippen LogP contribution in [-0.2, 0) is 16.1 Å². The Morgan fingerprint density at radius 1 is 1.48 bits per heavy atom. The van der Waals surface area contributed by atoms with Crippen molar-refractivity contribution in [3.63, 3.8) is 0 Å². The number of methoxy groups -OCH3 is 1. The summed E-state index contributed by atoms with van der Waals surface area (Å²) in [7, 11) is 1.65. The Balaban J connectivity index is 1.68. The minimum atomic E-state index is -0.246. The van der Waals surface area contributed by atoms with Gasteiger partial charge in [-0.2, -0.15) is 4.37 Å². The maximum absolute atomic E-state index is 12.2. The second kappa shape index (κ2) is 8.26. The molecule has 3 rings (SSSR count). The normalized spacial score (nSPS) is 16.9. The zero-order valence-corrected chi connectivity index (χ0v) is 15.2. The lowest BCUT2D eigenvalue weighted by Crippen LogP contribution is -2.43. The monoisotopic (exact) mass is 362 g/mol. The van der Waals surface area contributed by atoms with E-state index in [1.807, 2.05) is 36.1 Å². The van der Waals surface area contributed by atoms with E-state index in [0.29, 0.717) is 13.0 Å². The van der Waals surface area contributed by atoms with Crippen molar-refractivity contribution in [3.05, 3.63) is 35.7 Å². The van der Waals surface area contributed by atoms with Gasteiger partial charge in [0.15, 0.2) is 0 Å². The molecule has 1 N–H and O–H groups in total. The summed E-state index contributed by atoms with van der Waals surface area (Å²) in [5.74, 6) is 1.45. The highest BCUT2D eigenvalue weighted by molar-refractivity contribution is 7.09. The van der Waals surface area contributed by atoms with Gasteiger partial charge >= 0.3 is 0 Å². The highest BCUT2D eigenvalue weighted by Crippen LogP contribution is 2.28. The lowest BCUT2D eigenvalue weighted by molar-refractivity contribution is -0.134. The first-order valence-corrected chi connectivity index (χ1v) is 9.12. The van der Waals surface area contributed by atoms with Gasteiger partial charge in [-0.05, 0) is 37.5 Å². The fourth-order valence-electron chi connectivity index (χ4n) is 2.88. The zero-order valence-electron chi connectivity index (χ0n) is 14.4. The molecule has 8 heteroatoms. The number of carbonyl (C=O) groups is 1. The molecule has 0 aliphatic carbocycles. The molecule has 0 spiro atoms. The summed E-state index contributed by atoms with van der Waals surface area (Å²) in [6.07, 6.45) is 2.38. The van der Waals surface area contributed by atoms with E-state index >= 15 is 0 Å². The summed E-state index contributed by atoms with van der Waals surface area (Å²) in [5, 5.41) is 0.784. The summed E-state index contributed by atoms with van der Waals surface area (Å²) in [6, 6.07) is 7.63. The van der Waals surface area contributed by atoms with Crippen molar-refractivity contribution in [2.24, 2.45) is 0 Å². The van der Waals surface area contributed by atoms with Gasteiger partial charge in [0.05, 0.1) is 13.7 Å². The molecule has 1 amide bonds. The maximum Gasteiger partial charge on any atom is 0.266 e. The molecule has 2 aromatic rings. The smallest absolute Gasteiger partial charge is 0.266 e. The predicted octanol–water partition coefficient (Wildman–Crippen LogP) is 2.17. The number of hydrogen-bond donors (Lipinski definition) is 1. The average molecular weight is 362 g/mol. The minimum absolute atomic E-state index is 0.121. The van der Waals surface area contributed by atoms with Crippen molar-refractivity contribution in [2.45, 2.75) is 32.2 Å². The van der Waals surface area contributed by atoms with Crippen molar-refractivity contribution in [2.75, 3.05) is 25.2 Å². The molecule has 1 aromatic heterocycles. The summed E-state index contributed by atoms with van der Waals surface area (Å²) in [4.78, 5) is 23.9. The quantitative estimate of drug-likeness (QED) is 0.761. The highest BCUT2D eigenvalue weighted by Gasteiger charge is 2.33. The number of ether oxygens (including phenoxy) is 1. The van der Waals surface area contributed by atoms with Gasteiger partial charge < -0.3 is 9.64 Å². The van der Waals surface area contributed by atoms with Gasteiger partial charge in [0, 0.05) is 24.5 Å². The third-order valence-corrected chi connectivity index (χ3v) is 4.86. The molecule has 1 aliphatic rings. The van der Waals surface area contributed by atoms with Crippen molar-refractivity contribution in [3.8, 4) is 5.75 Å². The molecule has 0 bridgehead atoms. The molecule has 0 radical (unpaired) electrons. The van der Waals surface area contributed by atoms with Gasteiger partial charge in [0.2, 0.25) is 5.13 Å². The average Bonchev–Trinajstić information content (AvgIpc) is 3.29. The molecular formula is C17H22N4O3S. The third kappa shape index (κ3) is 4.26. The number of hydroxylamine groups is 1. The Kier molecular flexibility index (Phi) is 5.83. The summed E-state index contributed by atoms with van der Waals surface area (Å²) in [6.45, 7) is 3.09. The van der Waals surface area contributed by atoms with Crippen LogP contribution in [0.2, 0.25) is 0 Å². The molecule has 1 fully saturated rings. The topological polar surface area (TPSA) is 76.6 Å². The molecule has 1 aromatic carbocycles. The number of amides is 1. The molecule has 1 atom stereocenters. The number of nitrogens with one attached hydrogen (secondary N) is 1. The van der Waals surface area contributed by atoms with E-state index in [2.05, 4.69) is 14.8 Å². The van der Waals surface area contributed by atoms with E-state index in [1.54, 1.807) is 7.11 Å². The Bertz CT molecular complexity index is 721. The van der Waals surface area contributed by atoms with Crippen LogP contribution in [-0.4, -0.2) is 41.6 Å². The van der Waals surface area contributed by atoms with Gasteiger partial charge in [0.1, 0.15) is 17.6 Å². The fourth-order valence-corrected chi connectivity index (χ4v) is 3.64. The van der Waals surface area contributed by atoms with Crippen LogP contribution in [0.5, 0.6) is 5.75 Å². The summed E-state index contributed by atoms with van der Waals surface area (Å²) < 4.78 is 9.70. The van der Waals surface area contributed by atoms with E-state index in [1.165, 1.54) is 11.5 Å². The van der Waals surface area contributed by atoms with Crippen molar-refractivity contribution in [1.82, 2.24) is 14.8 Å². The minimum Gasteiger partial charge on any atom is -0.497 e. The second-order valence-electron chi connectivity index (χ2n) is 5.77. The number of anilines is 1. The Labute approximate surface area is 151 Å². The van der Waals surface area contributed by atoms with Crippen molar-refractivity contribution >= 4 is 22.6 Å². The summed E-state index contributed by atoms with van der Waals surface area (Å²) >= 11 is 1.33. The first-order chi connectivity index (χ1) is 12.2. The molecular weight excluding hydrogens is 340 g/mol. The van der Waals surface area contributed by atoms with E-state index in [9.17, 15) is 4.79 Å². The van der Waals surface area contributed by atoms with Crippen molar-refractivity contribution < 1.29 is 14.4 Å². The van der Waals surface area contributed by atoms with Crippen LogP contribution in [0.1, 0.15) is 31.2 Å². The molecule has 7 nitrogen and oxygen atoms in total. The first-order valence-electron chi connectivity index (χ1n) is 8.35. The first kappa shape index (κ1) is 17.6. The van der Waals surface area contributed by atoms with Crippen LogP contribution in [0, 0.1) is 0 Å². The Morgan fingerprint density at radius 3 is 3.16 bits per heavy atom. The Morgan fingerprint density at radius 2 is 2.36 bits per heavy atom. The zero-order chi connectivity index (χ0) is 17.6.